The summed E-state index contributed by atoms with van der Waals surface area (Å²) in [6.45, 7) is 5.48. The number of hydrogen-bond acceptors (Lipinski definition) is 6. The molecule has 2 fully saturated rings. The van der Waals surface area contributed by atoms with Crippen LogP contribution in [0.3, 0.4) is 0 Å². The third-order valence-corrected chi connectivity index (χ3v) is 7.61. The molecule has 182 valence electrons. The Kier molecular flexibility index (Phi) is 7.91. The fourth-order valence-electron chi connectivity index (χ4n) is 4.80. The Hall–Kier alpha value is -2.42. The zero-order chi connectivity index (χ0) is 24.2. The molecular weight excluding hydrogens is 475 g/mol. The van der Waals surface area contributed by atoms with Gasteiger partial charge in [-0.2, -0.15) is 0 Å². The Morgan fingerprint density at radius 2 is 1.88 bits per heavy atom. The summed E-state index contributed by atoms with van der Waals surface area (Å²) in [6, 6.07) is 5.97. The highest BCUT2D eigenvalue weighted by Crippen LogP contribution is 2.26. The molecule has 0 bridgehead atoms. The van der Waals surface area contributed by atoms with Gasteiger partial charge >= 0.3 is 0 Å². The quantitative estimate of drug-likeness (QED) is 0.599. The van der Waals surface area contributed by atoms with Crippen LogP contribution in [0, 0.1) is 12.8 Å². The van der Waals surface area contributed by atoms with Gasteiger partial charge < -0.3 is 16.0 Å². The second-order valence-corrected chi connectivity index (χ2v) is 9.84. The van der Waals surface area contributed by atoms with Crippen molar-refractivity contribution in [1.29, 1.82) is 0 Å². The second kappa shape index (κ2) is 10.9. The van der Waals surface area contributed by atoms with Crippen molar-refractivity contribution in [3.63, 3.8) is 0 Å². The molecule has 1 atom stereocenters. The lowest BCUT2D eigenvalue weighted by Crippen LogP contribution is -2.46. The van der Waals surface area contributed by atoms with Crippen LogP contribution in [0.5, 0.6) is 0 Å². The first-order valence-electron chi connectivity index (χ1n) is 11.7. The normalized spacial score (nSPS) is 19.4. The molecule has 3 N–H and O–H groups in total. The summed E-state index contributed by atoms with van der Waals surface area (Å²) in [5.74, 6) is 0.326. The summed E-state index contributed by atoms with van der Waals surface area (Å²) >= 11 is 12.1. The van der Waals surface area contributed by atoms with Gasteiger partial charge in [0.2, 0.25) is 5.91 Å². The van der Waals surface area contributed by atoms with Gasteiger partial charge in [0.1, 0.15) is 17.8 Å². The van der Waals surface area contributed by atoms with E-state index in [9.17, 15) is 9.59 Å². The van der Waals surface area contributed by atoms with Gasteiger partial charge in [-0.25, -0.2) is 9.97 Å². The molecule has 2 aliphatic rings. The van der Waals surface area contributed by atoms with E-state index >= 15 is 0 Å². The zero-order valence-electron chi connectivity index (χ0n) is 19.3. The Labute approximate surface area is 209 Å². The molecule has 0 unspecified atom stereocenters. The molecule has 1 aromatic heterocycles. The van der Waals surface area contributed by atoms with Crippen LogP contribution in [-0.4, -0.2) is 70.3 Å². The lowest BCUT2D eigenvalue weighted by Gasteiger charge is -2.36. The summed E-state index contributed by atoms with van der Waals surface area (Å²) in [5, 5.41) is 4.38. The highest BCUT2D eigenvalue weighted by molar-refractivity contribution is 6.42. The van der Waals surface area contributed by atoms with Crippen LogP contribution < -0.4 is 11.1 Å². The predicted octanol–water partition coefficient (Wildman–Crippen LogP) is 3.16. The minimum Gasteiger partial charge on any atom is -0.369 e. The number of piperidine rings is 1. The number of rotatable bonds is 7. The van der Waals surface area contributed by atoms with Crippen molar-refractivity contribution < 1.29 is 9.59 Å². The lowest BCUT2D eigenvalue weighted by molar-refractivity contribution is -0.121. The van der Waals surface area contributed by atoms with Gasteiger partial charge in [-0.15, -0.1) is 0 Å². The van der Waals surface area contributed by atoms with Crippen LogP contribution in [0.2, 0.25) is 10.0 Å². The molecule has 0 saturated carbocycles. The molecule has 1 aromatic carbocycles. The van der Waals surface area contributed by atoms with Crippen molar-refractivity contribution in [3.05, 3.63) is 51.4 Å². The van der Waals surface area contributed by atoms with Crippen LogP contribution in [-0.2, 0) is 11.2 Å². The minimum atomic E-state index is -0.212. The zero-order valence-corrected chi connectivity index (χ0v) is 20.8. The summed E-state index contributed by atoms with van der Waals surface area (Å²) < 4.78 is 0. The van der Waals surface area contributed by atoms with Gasteiger partial charge in [0, 0.05) is 37.8 Å². The third kappa shape index (κ3) is 5.62. The Bertz CT molecular complexity index is 1060. The molecule has 0 radical (unpaired) electrons. The average Bonchev–Trinajstić information content (AvgIpc) is 3.33. The number of carbonyl (C=O) groups is 2. The highest BCUT2D eigenvalue weighted by Gasteiger charge is 2.34. The summed E-state index contributed by atoms with van der Waals surface area (Å²) in [7, 11) is 0. The van der Waals surface area contributed by atoms with Crippen LogP contribution in [0.15, 0.2) is 24.5 Å². The van der Waals surface area contributed by atoms with Gasteiger partial charge in [-0.1, -0.05) is 29.3 Å². The molecule has 2 amide bonds. The number of benzene rings is 1. The number of likely N-dealkylation sites (tertiary alicyclic amines) is 2. The van der Waals surface area contributed by atoms with E-state index in [2.05, 4.69) is 20.2 Å². The SMILES string of the molecule is Cc1c(NCCc2ccc(Cl)c(Cl)c2)ncnc1C(=O)N1CCC(N2CC[C@@H](C(N)=O)C2)CC1. The molecule has 4 rings (SSSR count). The number of primary amides is 1. The van der Waals surface area contributed by atoms with Crippen LogP contribution in [0.25, 0.3) is 0 Å². The van der Waals surface area contributed by atoms with Crippen molar-refractivity contribution in [1.82, 2.24) is 19.8 Å². The molecule has 34 heavy (non-hydrogen) atoms. The van der Waals surface area contributed by atoms with Gasteiger partial charge in [0.15, 0.2) is 0 Å². The Morgan fingerprint density at radius 3 is 2.56 bits per heavy atom. The monoisotopic (exact) mass is 504 g/mol. The number of anilines is 1. The van der Waals surface area contributed by atoms with E-state index < -0.39 is 0 Å². The third-order valence-electron chi connectivity index (χ3n) is 6.87. The Morgan fingerprint density at radius 1 is 1.12 bits per heavy atom. The van der Waals surface area contributed by atoms with E-state index in [1.54, 1.807) is 6.07 Å². The number of hydrogen-bond donors (Lipinski definition) is 2. The average molecular weight is 505 g/mol. The van der Waals surface area contributed by atoms with Crippen molar-refractivity contribution in [2.45, 2.75) is 38.6 Å². The van der Waals surface area contributed by atoms with Crippen LogP contribution in [0.1, 0.15) is 40.9 Å². The van der Waals surface area contributed by atoms with Crippen molar-refractivity contribution >= 4 is 40.8 Å². The molecule has 2 aliphatic heterocycles. The van der Waals surface area contributed by atoms with E-state index in [4.69, 9.17) is 28.9 Å². The molecule has 10 heteroatoms. The highest BCUT2D eigenvalue weighted by atomic mass is 35.5. The topological polar surface area (TPSA) is 104 Å². The molecule has 0 spiro atoms. The summed E-state index contributed by atoms with van der Waals surface area (Å²) in [6.07, 6.45) is 4.77. The maximum Gasteiger partial charge on any atom is 0.272 e. The van der Waals surface area contributed by atoms with Gasteiger partial charge in [0.05, 0.1) is 16.0 Å². The molecule has 0 aliphatic carbocycles. The first-order valence-corrected chi connectivity index (χ1v) is 12.4. The molecular formula is C24H30Cl2N6O2. The van der Waals surface area contributed by atoms with Crippen molar-refractivity contribution in [3.8, 4) is 0 Å². The second-order valence-electron chi connectivity index (χ2n) is 9.03. The fourth-order valence-corrected chi connectivity index (χ4v) is 5.12. The number of halogens is 2. The summed E-state index contributed by atoms with van der Waals surface area (Å²) in [5.41, 5.74) is 7.70. The smallest absolute Gasteiger partial charge is 0.272 e. The first-order chi connectivity index (χ1) is 16.3. The van der Waals surface area contributed by atoms with Gasteiger partial charge in [-0.05, 0) is 56.8 Å². The number of amides is 2. The van der Waals surface area contributed by atoms with E-state index in [-0.39, 0.29) is 17.7 Å². The number of nitrogens with two attached hydrogens (primary N) is 1. The lowest BCUT2D eigenvalue weighted by atomic mass is 10.0. The van der Waals surface area contributed by atoms with Crippen LogP contribution >= 0.6 is 23.2 Å². The number of carbonyl (C=O) groups excluding carboxylic acids is 2. The van der Waals surface area contributed by atoms with E-state index in [0.29, 0.717) is 47.2 Å². The van der Waals surface area contributed by atoms with Crippen molar-refractivity contribution in [2.24, 2.45) is 11.7 Å². The van der Waals surface area contributed by atoms with E-state index in [1.165, 1.54) is 6.33 Å². The van der Waals surface area contributed by atoms with E-state index in [0.717, 1.165) is 49.9 Å². The van der Waals surface area contributed by atoms with Crippen molar-refractivity contribution in [2.75, 3.05) is 38.0 Å². The van der Waals surface area contributed by atoms with Gasteiger partial charge in [0.25, 0.3) is 5.91 Å². The predicted molar refractivity (Wildman–Crippen MR) is 133 cm³/mol. The summed E-state index contributed by atoms with van der Waals surface area (Å²) in [4.78, 5) is 37.5. The Balaban J connectivity index is 1.32. The largest absolute Gasteiger partial charge is 0.369 e. The number of aromatic nitrogens is 2. The number of nitrogens with zero attached hydrogens (tertiary/aromatic N) is 4. The molecule has 3 heterocycles. The molecule has 2 aromatic rings. The maximum absolute atomic E-state index is 13.2. The molecule has 2 saturated heterocycles. The van der Waals surface area contributed by atoms with Gasteiger partial charge in [-0.3, -0.25) is 14.5 Å². The molecule has 8 nitrogen and oxygen atoms in total. The standard InChI is InChI=1S/C24H30Cl2N6O2/c1-15-21(29-14-30-23(15)28-8-4-16-2-3-19(25)20(26)12-16)24(34)31-10-6-18(7-11-31)32-9-5-17(13-32)22(27)33/h2-3,12,14,17-18H,4-11,13H2,1H3,(H2,27,33)(H,28,29,30)/t17-/m1/s1. The van der Waals surface area contributed by atoms with Crippen LogP contribution in [0.4, 0.5) is 5.82 Å². The fraction of sp³-hybridized carbons (Fsp3) is 0.500. The number of nitrogens with one attached hydrogen (secondary N) is 1. The first kappa shape index (κ1) is 24.7. The maximum atomic E-state index is 13.2. The van der Waals surface area contributed by atoms with E-state index in [1.807, 2.05) is 24.0 Å². The minimum absolute atomic E-state index is 0.0501.